The minimum atomic E-state index is 0.115. The summed E-state index contributed by atoms with van der Waals surface area (Å²) in [5, 5.41) is 0. The van der Waals surface area contributed by atoms with Gasteiger partial charge in [0.2, 0.25) is 0 Å². The monoisotopic (exact) mass is 292 g/mol. The molecule has 112 valence electrons. The third kappa shape index (κ3) is 2.00. The molecule has 0 radical (unpaired) electrons. The lowest BCUT2D eigenvalue weighted by atomic mass is 10.0. The quantitative estimate of drug-likeness (QED) is 0.719. The van der Waals surface area contributed by atoms with Gasteiger partial charge in [0.05, 0.1) is 0 Å². The lowest BCUT2D eigenvalue weighted by molar-refractivity contribution is 0.249. The summed E-state index contributed by atoms with van der Waals surface area (Å²) in [6, 6.07) is 16.9. The molecule has 0 saturated heterocycles. The topological polar surface area (TPSA) is 23.6 Å². The van der Waals surface area contributed by atoms with E-state index in [2.05, 4.69) is 43.3 Å². The Hall–Kier alpha value is -2.29. The summed E-state index contributed by atoms with van der Waals surface area (Å²) in [5.74, 6) is 0. The van der Waals surface area contributed by atoms with Crippen LogP contribution in [0.25, 0.3) is 0 Å². The number of rotatable bonds is 0. The molecule has 3 heteroatoms. The Bertz CT molecular complexity index is 725. The number of benzene rings is 2. The van der Waals surface area contributed by atoms with E-state index < -0.39 is 0 Å². The molecule has 0 aromatic heterocycles. The highest BCUT2D eigenvalue weighted by atomic mass is 16.2. The van der Waals surface area contributed by atoms with E-state index in [0.29, 0.717) is 0 Å². The number of fused-ring (bicyclic) bond motifs is 2. The molecule has 0 N–H and O–H groups in total. The van der Waals surface area contributed by atoms with E-state index >= 15 is 0 Å². The minimum Gasteiger partial charge on any atom is -0.294 e. The summed E-state index contributed by atoms with van der Waals surface area (Å²) >= 11 is 0. The smallest absolute Gasteiger partial charge is 0.294 e. The number of carbonyl (C=O) groups excluding carboxylic acids is 1. The van der Waals surface area contributed by atoms with E-state index in [1.54, 1.807) is 0 Å². The lowest BCUT2D eigenvalue weighted by Gasteiger charge is -2.34. The number of para-hydroxylation sites is 2. The molecule has 2 heterocycles. The number of hydrogen-bond acceptors (Lipinski definition) is 1. The molecule has 2 aliphatic rings. The third-order valence-electron chi connectivity index (χ3n) is 4.75. The SMILES string of the molecule is CC1Cc2ccccc2N1C(=O)N1CCCc2ccccc21. The number of nitrogens with zero attached hydrogens (tertiary/aromatic N) is 2. The van der Waals surface area contributed by atoms with E-state index in [-0.39, 0.29) is 12.1 Å². The van der Waals surface area contributed by atoms with Crippen LogP contribution >= 0.6 is 0 Å². The zero-order chi connectivity index (χ0) is 15.1. The van der Waals surface area contributed by atoms with E-state index in [4.69, 9.17) is 0 Å². The summed E-state index contributed by atoms with van der Waals surface area (Å²) in [6.07, 6.45) is 3.04. The second-order valence-electron chi connectivity index (χ2n) is 6.22. The maximum absolute atomic E-state index is 13.2. The lowest BCUT2D eigenvalue weighted by Crippen LogP contribution is -2.48. The normalized spacial score (nSPS) is 19.8. The van der Waals surface area contributed by atoms with Crippen molar-refractivity contribution >= 4 is 17.4 Å². The Kier molecular flexibility index (Phi) is 3.14. The molecule has 2 amide bonds. The Morgan fingerprint density at radius 1 is 1.00 bits per heavy atom. The second kappa shape index (κ2) is 5.16. The minimum absolute atomic E-state index is 0.115. The van der Waals surface area contributed by atoms with E-state index in [9.17, 15) is 4.79 Å². The molecule has 0 fully saturated rings. The van der Waals surface area contributed by atoms with Crippen LogP contribution in [0.4, 0.5) is 16.2 Å². The molecule has 0 bridgehead atoms. The van der Waals surface area contributed by atoms with E-state index in [1.165, 1.54) is 11.1 Å². The van der Waals surface area contributed by atoms with Gasteiger partial charge in [-0.2, -0.15) is 0 Å². The number of amides is 2. The Morgan fingerprint density at radius 2 is 1.68 bits per heavy atom. The van der Waals surface area contributed by atoms with Gasteiger partial charge in [-0.3, -0.25) is 9.80 Å². The van der Waals surface area contributed by atoms with Crippen LogP contribution in [-0.2, 0) is 12.8 Å². The van der Waals surface area contributed by atoms with Crippen molar-refractivity contribution < 1.29 is 4.79 Å². The fourth-order valence-electron chi connectivity index (χ4n) is 3.72. The molecule has 1 unspecified atom stereocenters. The molecule has 0 saturated carbocycles. The van der Waals surface area contributed by atoms with Crippen molar-refractivity contribution in [2.45, 2.75) is 32.2 Å². The maximum Gasteiger partial charge on any atom is 0.329 e. The molecule has 1 atom stereocenters. The maximum atomic E-state index is 13.2. The van der Waals surface area contributed by atoms with Crippen LogP contribution in [0.1, 0.15) is 24.5 Å². The Balaban J connectivity index is 1.72. The van der Waals surface area contributed by atoms with Gasteiger partial charge in [0.15, 0.2) is 0 Å². The largest absolute Gasteiger partial charge is 0.329 e. The van der Waals surface area contributed by atoms with E-state index in [0.717, 1.165) is 37.2 Å². The molecule has 2 aliphatic heterocycles. The predicted molar refractivity (Wildman–Crippen MR) is 89.6 cm³/mol. The van der Waals surface area contributed by atoms with Gasteiger partial charge in [0.1, 0.15) is 0 Å². The molecule has 0 aliphatic carbocycles. The first-order valence-corrected chi connectivity index (χ1v) is 8.02. The summed E-state index contributed by atoms with van der Waals surface area (Å²) < 4.78 is 0. The van der Waals surface area contributed by atoms with Gasteiger partial charge in [-0.05, 0) is 49.4 Å². The number of aryl methyl sites for hydroxylation is 1. The van der Waals surface area contributed by atoms with Crippen molar-refractivity contribution in [3.8, 4) is 0 Å². The summed E-state index contributed by atoms with van der Waals surface area (Å²) in [7, 11) is 0. The van der Waals surface area contributed by atoms with Gasteiger partial charge in [-0.15, -0.1) is 0 Å². The predicted octanol–water partition coefficient (Wildman–Crippen LogP) is 4.01. The van der Waals surface area contributed by atoms with Gasteiger partial charge in [-0.1, -0.05) is 36.4 Å². The molecule has 4 rings (SSSR count). The Morgan fingerprint density at radius 3 is 2.50 bits per heavy atom. The molecule has 3 nitrogen and oxygen atoms in total. The summed E-state index contributed by atoms with van der Waals surface area (Å²) in [5.41, 5.74) is 4.70. The van der Waals surface area contributed by atoms with Gasteiger partial charge >= 0.3 is 6.03 Å². The van der Waals surface area contributed by atoms with Crippen molar-refractivity contribution in [3.63, 3.8) is 0 Å². The van der Waals surface area contributed by atoms with Crippen molar-refractivity contribution in [1.29, 1.82) is 0 Å². The number of hydrogen-bond donors (Lipinski definition) is 0. The van der Waals surface area contributed by atoms with Gasteiger partial charge in [0, 0.05) is 24.0 Å². The van der Waals surface area contributed by atoms with Crippen molar-refractivity contribution in [3.05, 3.63) is 59.7 Å². The first-order chi connectivity index (χ1) is 10.8. The number of anilines is 2. The first kappa shape index (κ1) is 13.4. The molecular formula is C19H20N2O. The molecule has 2 aromatic carbocycles. The fraction of sp³-hybridized carbons (Fsp3) is 0.316. The van der Waals surface area contributed by atoms with Crippen LogP contribution < -0.4 is 9.80 Å². The third-order valence-corrected chi connectivity index (χ3v) is 4.75. The number of urea groups is 1. The van der Waals surface area contributed by atoms with Crippen LogP contribution in [0.2, 0.25) is 0 Å². The van der Waals surface area contributed by atoms with Crippen LogP contribution in [0.15, 0.2) is 48.5 Å². The average Bonchev–Trinajstić information content (AvgIpc) is 2.89. The van der Waals surface area contributed by atoms with Crippen LogP contribution in [0.5, 0.6) is 0 Å². The standard InChI is InChI=1S/C19H20N2O/c1-14-13-16-8-3-5-11-18(16)21(14)19(22)20-12-6-9-15-7-2-4-10-17(15)20/h2-5,7-8,10-11,14H,6,9,12-13H2,1H3. The Labute approximate surface area is 131 Å². The fourth-order valence-corrected chi connectivity index (χ4v) is 3.72. The molecule has 2 aromatic rings. The number of carbonyl (C=O) groups is 1. The van der Waals surface area contributed by atoms with Crippen LogP contribution in [0, 0.1) is 0 Å². The average molecular weight is 292 g/mol. The molecule has 22 heavy (non-hydrogen) atoms. The summed E-state index contributed by atoms with van der Waals surface area (Å²) in [4.78, 5) is 17.1. The van der Waals surface area contributed by atoms with Crippen molar-refractivity contribution in [2.75, 3.05) is 16.3 Å². The summed E-state index contributed by atoms with van der Waals surface area (Å²) in [6.45, 7) is 2.94. The van der Waals surface area contributed by atoms with Crippen LogP contribution in [0.3, 0.4) is 0 Å². The zero-order valence-corrected chi connectivity index (χ0v) is 12.8. The van der Waals surface area contributed by atoms with Gasteiger partial charge in [0.25, 0.3) is 0 Å². The van der Waals surface area contributed by atoms with Crippen LogP contribution in [-0.4, -0.2) is 18.6 Å². The highest BCUT2D eigenvalue weighted by molar-refractivity contribution is 6.06. The second-order valence-corrected chi connectivity index (χ2v) is 6.22. The van der Waals surface area contributed by atoms with Gasteiger partial charge in [-0.25, -0.2) is 4.79 Å². The zero-order valence-electron chi connectivity index (χ0n) is 12.8. The van der Waals surface area contributed by atoms with Gasteiger partial charge < -0.3 is 0 Å². The van der Waals surface area contributed by atoms with Crippen molar-refractivity contribution in [1.82, 2.24) is 0 Å². The van der Waals surface area contributed by atoms with Crippen molar-refractivity contribution in [2.24, 2.45) is 0 Å². The molecular weight excluding hydrogens is 272 g/mol. The highest BCUT2D eigenvalue weighted by Gasteiger charge is 2.35. The first-order valence-electron chi connectivity index (χ1n) is 8.02. The van der Waals surface area contributed by atoms with E-state index in [1.807, 2.05) is 21.9 Å². The molecule has 0 spiro atoms. The highest BCUT2D eigenvalue weighted by Crippen LogP contribution is 2.35.